The van der Waals surface area contributed by atoms with Crippen LogP contribution in [0.3, 0.4) is 0 Å². The van der Waals surface area contributed by atoms with Crippen LogP contribution < -0.4 is 5.32 Å². The normalized spacial score (nSPS) is 17.6. The summed E-state index contributed by atoms with van der Waals surface area (Å²) in [5.74, 6) is -0.971. The maximum absolute atomic E-state index is 12.8. The van der Waals surface area contributed by atoms with E-state index in [9.17, 15) is 14.4 Å². The number of carbonyl (C=O) groups is 3. The molecule has 1 aliphatic heterocycles. The van der Waals surface area contributed by atoms with Crippen LogP contribution in [0.5, 0.6) is 0 Å². The Kier molecular flexibility index (Phi) is 4.97. The van der Waals surface area contributed by atoms with E-state index in [1.54, 1.807) is 15.7 Å². The van der Waals surface area contributed by atoms with Crippen LogP contribution >= 0.6 is 0 Å². The Morgan fingerprint density at radius 3 is 2.44 bits per heavy atom. The lowest BCUT2D eigenvalue weighted by Gasteiger charge is -2.13. The van der Waals surface area contributed by atoms with Crippen molar-refractivity contribution in [3.05, 3.63) is 36.0 Å². The number of Topliss-reactive ketones (excluding diaryl/α,β-unsaturated/α-hetero) is 1. The lowest BCUT2D eigenvalue weighted by molar-refractivity contribution is -0.125. The average Bonchev–Trinajstić information content (AvgIpc) is 3.42. The van der Waals surface area contributed by atoms with Gasteiger partial charge in [0, 0.05) is 36.2 Å². The molecule has 6 nitrogen and oxygen atoms in total. The summed E-state index contributed by atoms with van der Waals surface area (Å²) in [6.07, 6.45) is 7.95. The molecular formula is C21H25N3O3. The first-order valence-electron chi connectivity index (χ1n) is 9.84. The number of fused-ring (bicyclic) bond motifs is 1. The van der Waals surface area contributed by atoms with Crippen LogP contribution in [0.15, 0.2) is 30.5 Å². The van der Waals surface area contributed by atoms with Crippen molar-refractivity contribution in [3.63, 3.8) is 0 Å². The second kappa shape index (κ2) is 7.55. The summed E-state index contributed by atoms with van der Waals surface area (Å²) < 4.78 is 1.78. The van der Waals surface area contributed by atoms with E-state index in [-0.39, 0.29) is 18.5 Å². The van der Waals surface area contributed by atoms with Crippen molar-refractivity contribution in [1.82, 2.24) is 14.8 Å². The van der Waals surface area contributed by atoms with Gasteiger partial charge in [0.15, 0.2) is 0 Å². The molecule has 0 bridgehead atoms. The molecule has 1 saturated heterocycles. The summed E-state index contributed by atoms with van der Waals surface area (Å²) in [7, 11) is 0. The van der Waals surface area contributed by atoms with Crippen molar-refractivity contribution in [2.45, 2.75) is 51.1 Å². The lowest BCUT2D eigenvalue weighted by atomic mass is 10.1. The van der Waals surface area contributed by atoms with Gasteiger partial charge in [-0.2, -0.15) is 0 Å². The monoisotopic (exact) mass is 367 g/mol. The number of nitrogens with zero attached hydrogens (tertiary/aromatic N) is 2. The molecule has 0 radical (unpaired) electrons. The molecular weight excluding hydrogens is 342 g/mol. The Labute approximate surface area is 158 Å². The fraction of sp³-hybridized carbons (Fsp3) is 0.476. The van der Waals surface area contributed by atoms with Gasteiger partial charge in [0.05, 0.1) is 5.56 Å². The third-order valence-electron chi connectivity index (χ3n) is 5.65. The molecule has 1 saturated carbocycles. The van der Waals surface area contributed by atoms with Crippen LogP contribution in [0.1, 0.15) is 48.9 Å². The molecule has 0 spiro atoms. The van der Waals surface area contributed by atoms with Crippen molar-refractivity contribution < 1.29 is 14.4 Å². The molecule has 2 fully saturated rings. The highest BCUT2D eigenvalue weighted by Gasteiger charge is 2.28. The number of carbonyl (C=O) groups excluding carboxylic acids is 3. The van der Waals surface area contributed by atoms with E-state index >= 15 is 0 Å². The molecule has 2 aliphatic rings. The second-order valence-corrected chi connectivity index (χ2v) is 7.57. The van der Waals surface area contributed by atoms with Gasteiger partial charge in [-0.15, -0.1) is 0 Å². The van der Waals surface area contributed by atoms with E-state index in [0.717, 1.165) is 49.4 Å². The van der Waals surface area contributed by atoms with Crippen LogP contribution in [-0.4, -0.2) is 46.2 Å². The third-order valence-corrected chi connectivity index (χ3v) is 5.65. The van der Waals surface area contributed by atoms with Crippen LogP contribution in [0.2, 0.25) is 0 Å². The van der Waals surface area contributed by atoms with Gasteiger partial charge in [0.2, 0.25) is 5.91 Å². The van der Waals surface area contributed by atoms with Crippen LogP contribution in [0.4, 0.5) is 0 Å². The SMILES string of the molecule is O=C(Cn1cc(C(=O)C(=O)N2CCCC2)c2ccccc21)NC1CCCC1. The van der Waals surface area contributed by atoms with Gasteiger partial charge >= 0.3 is 0 Å². The largest absolute Gasteiger partial charge is 0.352 e. The zero-order valence-electron chi connectivity index (χ0n) is 15.4. The Morgan fingerprint density at radius 2 is 1.70 bits per heavy atom. The Hall–Kier alpha value is -2.63. The number of nitrogens with one attached hydrogen (secondary N) is 1. The quantitative estimate of drug-likeness (QED) is 0.652. The zero-order valence-corrected chi connectivity index (χ0v) is 15.4. The molecule has 1 aliphatic carbocycles. The van der Waals surface area contributed by atoms with Crippen molar-refractivity contribution >= 4 is 28.5 Å². The van der Waals surface area contributed by atoms with Crippen LogP contribution in [0.25, 0.3) is 10.9 Å². The lowest BCUT2D eigenvalue weighted by Crippen LogP contribution is -2.35. The number of aromatic nitrogens is 1. The topological polar surface area (TPSA) is 71.4 Å². The highest BCUT2D eigenvalue weighted by atomic mass is 16.2. The van der Waals surface area contributed by atoms with Crippen LogP contribution in [0, 0.1) is 0 Å². The van der Waals surface area contributed by atoms with E-state index < -0.39 is 11.7 Å². The summed E-state index contributed by atoms with van der Waals surface area (Å²) >= 11 is 0. The smallest absolute Gasteiger partial charge is 0.295 e. The van der Waals surface area contributed by atoms with Gasteiger partial charge < -0.3 is 14.8 Å². The molecule has 6 heteroatoms. The predicted octanol–water partition coefficient (Wildman–Crippen LogP) is 2.51. The van der Waals surface area contributed by atoms with Gasteiger partial charge in [0.25, 0.3) is 11.7 Å². The number of amides is 2. The molecule has 2 aromatic rings. The molecule has 1 aromatic carbocycles. The minimum absolute atomic E-state index is 0.0486. The number of hydrogen-bond acceptors (Lipinski definition) is 3. The molecule has 4 rings (SSSR count). The molecule has 1 N–H and O–H groups in total. The minimum atomic E-state index is -0.483. The highest BCUT2D eigenvalue weighted by Crippen LogP contribution is 2.23. The molecule has 0 unspecified atom stereocenters. The summed E-state index contributed by atoms with van der Waals surface area (Å²) in [4.78, 5) is 39.4. The summed E-state index contributed by atoms with van der Waals surface area (Å²) in [6.45, 7) is 1.45. The van der Waals surface area contributed by atoms with E-state index in [2.05, 4.69) is 5.32 Å². The Bertz CT molecular complexity index is 874. The second-order valence-electron chi connectivity index (χ2n) is 7.57. The molecule has 142 valence electrons. The summed E-state index contributed by atoms with van der Waals surface area (Å²) in [5.41, 5.74) is 1.19. The van der Waals surface area contributed by atoms with E-state index in [1.165, 1.54) is 0 Å². The first-order valence-corrected chi connectivity index (χ1v) is 9.84. The maximum Gasteiger partial charge on any atom is 0.295 e. The molecule has 0 atom stereocenters. The molecule has 27 heavy (non-hydrogen) atoms. The number of rotatable bonds is 5. The number of hydrogen-bond donors (Lipinski definition) is 1. The van der Waals surface area contributed by atoms with Crippen molar-refractivity contribution in [2.24, 2.45) is 0 Å². The average molecular weight is 367 g/mol. The van der Waals surface area contributed by atoms with E-state index in [4.69, 9.17) is 0 Å². The Morgan fingerprint density at radius 1 is 1.00 bits per heavy atom. The molecule has 2 amide bonds. The Balaban J connectivity index is 1.57. The predicted molar refractivity (Wildman–Crippen MR) is 102 cm³/mol. The van der Waals surface area contributed by atoms with Gasteiger partial charge in [-0.3, -0.25) is 14.4 Å². The van der Waals surface area contributed by atoms with E-state index in [1.807, 2.05) is 24.3 Å². The van der Waals surface area contributed by atoms with Gasteiger partial charge in [-0.25, -0.2) is 0 Å². The fourth-order valence-electron chi connectivity index (χ4n) is 4.24. The fourth-order valence-corrected chi connectivity index (χ4v) is 4.24. The number of ketones is 1. The van der Waals surface area contributed by atoms with Gasteiger partial charge in [0.1, 0.15) is 6.54 Å². The van der Waals surface area contributed by atoms with Gasteiger partial charge in [-0.05, 0) is 31.7 Å². The first-order chi connectivity index (χ1) is 13.1. The third kappa shape index (κ3) is 3.61. The standard InChI is InChI=1S/C21H25N3O3/c25-19(22-15-7-1-2-8-15)14-24-13-17(16-9-3-4-10-18(16)24)20(26)21(27)23-11-5-6-12-23/h3-4,9-10,13,15H,1-2,5-8,11-12,14H2,(H,22,25). The van der Waals surface area contributed by atoms with Crippen LogP contribution in [-0.2, 0) is 16.1 Å². The maximum atomic E-state index is 12.8. The first kappa shape index (κ1) is 17.8. The summed E-state index contributed by atoms with van der Waals surface area (Å²) in [6, 6.07) is 7.71. The number of likely N-dealkylation sites (tertiary alicyclic amines) is 1. The zero-order chi connectivity index (χ0) is 18.8. The highest BCUT2D eigenvalue weighted by molar-refractivity contribution is 6.44. The molecule has 1 aromatic heterocycles. The summed E-state index contributed by atoms with van der Waals surface area (Å²) in [5, 5.41) is 3.80. The van der Waals surface area contributed by atoms with Crippen molar-refractivity contribution in [2.75, 3.05) is 13.1 Å². The van der Waals surface area contributed by atoms with Gasteiger partial charge in [-0.1, -0.05) is 31.0 Å². The molecule has 2 heterocycles. The van der Waals surface area contributed by atoms with Crippen molar-refractivity contribution in [1.29, 1.82) is 0 Å². The van der Waals surface area contributed by atoms with Crippen molar-refractivity contribution in [3.8, 4) is 0 Å². The van der Waals surface area contributed by atoms with E-state index in [0.29, 0.717) is 18.7 Å². The minimum Gasteiger partial charge on any atom is -0.352 e. The number of para-hydroxylation sites is 1. The number of benzene rings is 1.